The molecule has 0 atom stereocenters. The van der Waals surface area contributed by atoms with Gasteiger partial charge in [0.2, 0.25) is 5.91 Å². The third-order valence-electron chi connectivity index (χ3n) is 6.31. The van der Waals surface area contributed by atoms with Crippen molar-refractivity contribution in [3.05, 3.63) is 54.1 Å². The van der Waals surface area contributed by atoms with Gasteiger partial charge < -0.3 is 14.5 Å². The number of piperidine rings is 1. The Bertz CT molecular complexity index is 1100. The fourth-order valence-electron chi connectivity index (χ4n) is 4.42. The van der Waals surface area contributed by atoms with Gasteiger partial charge in [0.05, 0.1) is 17.7 Å². The number of para-hydroxylation sites is 2. The zero-order valence-corrected chi connectivity index (χ0v) is 19.5. The summed E-state index contributed by atoms with van der Waals surface area (Å²) in [6.45, 7) is 2.75. The Morgan fingerprint density at radius 3 is 2.18 bits per heavy atom. The molecule has 2 aliphatic rings. The summed E-state index contributed by atoms with van der Waals surface area (Å²) in [6, 6.07) is 12.7. The van der Waals surface area contributed by atoms with Crippen molar-refractivity contribution in [1.29, 1.82) is 0 Å². The van der Waals surface area contributed by atoms with Crippen LogP contribution in [0.4, 0.5) is 5.69 Å². The van der Waals surface area contributed by atoms with Gasteiger partial charge in [-0.05, 0) is 62.1 Å². The predicted molar refractivity (Wildman–Crippen MR) is 125 cm³/mol. The van der Waals surface area contributed by atoms with Crippen LogP contribution in [0.1, 0.15) is 36.0 Å². The van der Waals surface area contributed by atoms with Crippen molar-refractivity contribution in [3.8, 4) is 5.75 Å². The van der Waals surface area contributed by atoms with Crippen molar-refractivity contribution < 1.29 is 22.7 Å². The zero-order valence-electron chi connectivity index (χ0n) is 18.7. The first kappa shape index (κ1) is 23.1. The monoisotopic (exact) mass is 471 g/mol. The lowest BCUT2D eigenvalue weighted by atomic mass is 9.95. The third kappa shape index (κ3) is 5.13. The van der Waals surface area contributed by atoms with Crippen LogP contribution in [-0.4, -0.2) is 63.3 Å². The number of nitrogens with zero attached hydrogens (tertiary/aromatic N) is 2. The standard InChI is InChI=1S/C24H29N3O5S/c1-32-22-7-3-2-6-21(22)25-33(30,31)20-10-8-18(9-11-20)23(28)27-16-12-19(13-17-27)24(29)26-14-4-5-15-26/h2-3,6-11,19,25H,4-5,12-17H2,1H3. The van der Waals surface area contributed by atoms with Crippen LogP contribution in [0.3, 0.4) is 0 Å². The van der Waals surface area contributed by atoms with Gasteiger partial charge in [-0.3, -0.25) is 14.3 Å². The summed E-state index contributed by atoms with van der Waals surface area (Å²) >= 11 is 0. The quantitative estimate of drug-likeness (QED) is 0.699. The number of amides is 2. The van der Waals surface area contributed by atoms with Crippen LogP contribution in [-0.2, 0) is 14.8 Å². The molecule has 9 heteroatoms. The first-order chi connectivity index (χ1) is 15.9. The molecule has 2 aromatic carbocycles. The van der Waals surface area contributed by atoms with Crippen molar-refractivity contribution in [2.45, 2.75) is 30.6 Å². The molecule has 2 amide bonds. The molecule has 0 bridgehead atoms. The number of hydrogen-bond donors (Lipinski definition) is 1. The summed E-state index contributed by atoms with van der Waals surface area (Å²) in [6.07, 6.45) is 3.47. The molecule has 2 aromatic rings. The van der Waals surface area contributed by atoms with Gasteiger partial charge in [-0.15, -0.1) is 0 Å². The Morgan fingerprint density at radius 2 is 1.55 bits per heavy atom. The molecule has 176 valence electrons. The van der Waals surface area contributed by atoms with E-state index in [0.29, 0.717) is 42.9 Å². The highest BCUT2D eigenvalue weighted by molar-refractivity contribution is 7.92. The molecule has 0 radical (unpaired) electrons. The molecule has 8 nitrogen and oxygen atoms in total. The molecule has 2 fully saturated rings. The highest BCUT2D eigenvalue weighted by atomic mass is 32.2. The maximum Gasteiger partial charge on any atom is 0.262 e. The SMILES string of the molecule is COc1ccccc1NS(=O)(=O)c1ccc(C(=O)N2CCC(C(=O)N3CCCC3)CC2)cc1. The molecule has 2 saturated heterocycles. The summed E-state index contributed by atoms with van der Waals surface area (Å²) in [5.74, 6) is 0.473. The molecule has 2 heterocycles. The molecule has 0 unspecified atom stereocenters. The van der Waals surface area contributed by atoms with Gasteiger partial charge in [0.1, 0.15) is 5.75 Å². The van der Waals surface area contributed by atoms with Gasteiger partial charge >= 0.3 is 0 Å². The van der Waals surface area contributed by atoms with Gasteiger partial charge in [-0.1, -0.05) is 12.1 Å². The van der Waals surface area contributed by atoms with Gasteiger partial charge in [0.15, 0.2) is 0 Å². The van der Waals surface area contributed by atoms with Crippen LogP contribution < -0.4 is 9.46 Å². The van der Waals surface area contributed by atoms with Crippen molar-refractivity contribution in [2.24, 2.45) is 5.92 Å². The van der Waals surface area contributed by atoms with E-state index in [0.717, 1.165) is 25.9 Å². The number of hydrogen-bond acceptors (Lipinski definition) is 5. The largest absolute Gasteiger partial charge is 0.495 e. The van der Waals surface area contributed by atoms with E-state index in [2.05, 4.69) is 4.72 Å². The number of anilines is 1. The van der Waals surface area contributed by atoms with Crippen LogP contribution >= 0.6 is 0 Å². The van der Waals surface area contributed by atoms with E-state index in [-0.39, 0.29) is 22.6 Å². The number of ether oxygens (including phenoxy) is 1. The lowest BCUT2D eigenvalue weighted by Crippen LogP contribution is -2.43. The summed E-state index contributed by atoms with van der Waals surface area (Å²) in [7, 11) is -2.36. The predicted octanol–water partition coefficient (Wildman–Crippen LogP) is 2.97. The van der Waals surface area contributed by atoms with Crippen LogP contribution in [0.15, 0.2) is 53.4 Å². The minimum Gasteiger partial charge on any atom is -0.495 e. The lowest BCUT2D eigenvalue weighted by molar-refractivity contribution is -0.135. The average Bonchev–Trinajstić information content (AvgIpc) is 3.38. The van der Waals surface area contributed by atoms with E-state index in [1.165, 1.54) is 31.4 Å². The Labute approximate surface area is 194 Å². The Balaban J connectivity index is 1.38. The molecule has 4 rings (SSSR count). The van der Waals surface area contributed by atoms with Crippen molar-refractivity contribution >= 4 is 27.5 Å². The van der Waals surface area contributed by atoms with Crippen LogP contribution in [0, 0.1) is 5.92 Å². The van der Waals surface area contributed by atoms with Crippen LogP contribution in [0.25, 0.3) is 0 Å². The maximum absolute atomic E-state index is 12.9. The van der Waals surface area contributed by atoms with Gasteiger partial charge in [0.25, 0.3) is 15.9 Å². The summed E-state index contributed by atoms with van der Waals surface area (Å²) < 4.78 is 33.2. The first-order valence-electron chi connectivity index (χ1n) is 11.2. The van der Waals surface area contributed by atoms with Gasteiger partial charge in [-0.25, -0.2) is 8.42 Å². The normalized spacial score (nSPS) is 17.1. The topological polar surface area (TPSA) is 96.0 Å². The van der Waals surface area contributed by atoms with E-state index < -0.39 is 10.0 Å². The fourth-order valence-corrected chi connectivity index (χ4v) is 5.49. The van der Waals surface area contributed by atoms with E-state index in [1.54, 1.807) is 29.2 Å². The fraction of sp³-hybridized carbons (Fsp3) is 0.417. The summed E-state index contributed by atoms with van der Waals surface area (Å²) in [4.78, 5) is 29.3. The number of sulfonamides is 1. The number of methoxy groups -OCH3 is 1. The molecule has 0 aromatic heterocycles. The number of rotatable bonds is 6. The van der Waals surface area contributed by atoms with Crippen molar-refractivity contribution in [1.82, 2.24) is 9.80 Å². The van der Waals surface area contributed by atoms with E-state index in [4.69, 9.17) is 4.74 Å². The second kappa shape index (κ2) is 9.82. The Kier molecular flexibility index (Phi) is 6.88. The Hall–Kier alpha value is -3.07. The number of benzene rings is 2. The molecular weight excluding hydrogens is 442 g/mol. The van der Waals surface area contributed by atoms with Gasteiger partial charge in [-0.2, -0.15) is 0 Å². The highest BCUT2D eigenvalue weighted by Crippen LogP contribution is 2.27. The number of carbonyl (C=O) groups excluding carboxylic acids is 2. The smallest absolute Gasteiger partial charge is 0.262 e. The molecule has 33 heavy (non-hydrogen) atoms. The minimum atomic E-state index is -3.84. The Morgan fingerprint density at radius 1 is 0.909 bits per heavy atom. The molecule has 0 spiro atoms. The second-order valence-electron chi connectivity index (χ2n) is 8.43. The zero-order chi connectivity index (χ0) is 23.4. The maximum atomic E-state index is 12.9. The second-order valence-corrected chi connectivity index (χ2v) is 10.1. The van der Waals surface area contributed by atoms with E-state index in [9.17, 15) is 18.0 Å². The molecule has 2 aliphatic heterocycles. The highest BCUT2D eigenvalue weighted by Gasteiger charge is 2.31. The first-order valence-corrected chi connectivity index (χ1v) is 12.7. The van der Waals surface area contributed by atoms with E-state index in [1.807, 2.05) is 4.90 Å². The van der Waals surface area contributed by atoms with Crippen LogP contribution in [0.5, 0.6) is 5.75 Å². The lowest BCUT2D eigenvalue weighted by Gasteiger charge is -2.33. The average molecular weight is 472 g/mol. The summed E-state index contributed by atoms with van der Waals surface area (Å²) in [5.41, 5.74) is 0.766. The third-order valence-corrected chi connectivity index (χ3v) is 7.69. The number of nitrogens with one attached hydrogen (secondary N) is 1. The van der Waals surface area contributed by atoms with Gasteiger partial charge in [0, 0.05) is 37.7 Å². The molecule has 0 aliphatic carbocycles. The summed E-state index contributed by atoms with van der Waals surface area (Å²) in [5, 5.41) is 0. The van der Waals surface area contributed by atoms with Crippen LogP contribution in [0.2, 0.25) is 0 Å². The van der Waals surface area contributed by atoms with Crippen molar-refractivity contribution in [3.63, 3.8) is 0 Å². The molecule has 1 N–H and O–H groups in total. The molecule has 0 saturated carbocycles. The molecular formula is C24H29N3O5S. The number of carbonyl (C=O) groups is 2. The van der Waals surface area contributed by atoms with Crippen molar-refractivity contribution in [2.75, 3.05) is 38.0 Å². The number of likely N-dealkylation sites (tertiary alicyclic amines) is 2. The minimum absolute atomic E-state index is 0.0132. The van der Waals surface area contributed by atoms with E-state index >= 15 is 0 Å².